The summed E-state index contributed by atoms with van der Waals surface area (Å²) >= 11 is 0. The van der Waals surface area contributed by atoms with E-state index in [0.717, 1.165) is 37.3 Å². The summed E-state index contributed by atoms with van der Waals surface area (Å²) in [5, 5.41) is 4.24. The summed E-state index contributed by atoms with van der Waals surface area (Å²) in [4.78, 5) is 32.9. The first-order chi connectivity index (χ1) is 12.5. The molecule has 0 saturated carbocycles. The zero-order valence-electron chi connectivity index (χ0n) is 15.4. The van der Waals surface area contributed by atoms with Gasteiger partial charge in [0.15, 0.2) is 0 Å². The van der Waals surface area contributed by atoms with Gasteiger partial charge in [-0.3, -0.25) is 19.5 Å². The van der Waals surface area contributed by atoms with Crippen molar-refractivity contribution in [2.75, 3.05) is 26.2 Å². The van der Waals surface area contributed by atoms with Gasteiger partial charge < -0.3 is 4.90 Å². The number of carbonyl (C=O) groups excluding carboxylic acids is 1. The van der Waals surface area contributed by atoms with Gasteiger partial charge in [-0.05, 0) is 43.5 Å². The van der Waals surface area contributed by atoms with Gasteiger partial charge in [-0.25, -0.2) is 4.68 Å². The number of rotatable bonds is 4. The zero-order chi connectivity index (χ0) is 18.5. The minimum atomic E-state index is -0.226. The van der Waals surface area contributed by atoms with Gasteiger partial charge in [0.05, 0.1) is 5.69 Å². The molecule has 0 N–H and O–H groups in total. The summed E-state index contributed by atoms with van der Waals surface area (Å²) in [5.74, 6) is -0.0476. The predicted octanol–water partition coefficient (Wildman–Crippen LogP) is 0.990. The van der Waals surface area contributed by atoms with Crippen molar-refractivity contribution in [1.82, 2.24) is 24.6 Å². The molecule has 1 amide bonds. The van der Waals surface area contributed by atoms with Gasteiger partial charge in [-0.1, -0.05) is 0 Å². The summed E-state index contributed by atoms with van der Waals surface area (Å²) in [6.07, 6.45) is 4.53. The van der Waals surface area contributed by atoms with Gasteiger partial charge >= 0.3 is 0 Å². The van der Waals surface area contributed by atoms with Gasteiger partial charge in [0.1, 0.15) is 6.54 Å². The summed E-state index contributed by atoms with van der Waals surface area (Å²) in [6.45, 7) is 7.72. The highest BCUT2D eigenvalue weighted by Gasteiger charge is 2.20. The fraction of sp³-hybridized carbons (Fsp3) is 0.474. The molecule has 1 fully saturated rings. The molecule has 3 heterocycles. The monoisotopic (exact) mass is 355 g/mol. The van der Waals surface area contributed by atoms with Crippen molar-refractivity contribution in [3.05, 3.63) is 57.8 Å². The first kappa shape index (κ1) is 18.3. The molecule has 0 atom stereocenters. The van der Waals surface area contributed by atoms with E-state index in [1.54, 1.807) is 12.4 Å². The molecule has 138 valence electrons. The molecule has 7 nitrogen and oxygen atoms in total. The Morgan fingerprint density at radius 3 is 2.65 bits per heavy atom. The van der Waals surface area contributed by atoms with E-state index < -0.39 is 0 Å². The average Bonchev–Trinajstić information content (AvgIpc) is 2.86. The van der Waals surface area contributed by atoms with Crippen LogP contribution in [-0.2, 0) is 17.9 Å². The van der Waals surface area contributed by atoms with Crippen molar-refractivity contribution in [1.29, 1.82) is 0 Å². The third kappa shape index (κ3) is 4.54. The molecular formula is C19H25N5O2. The molecule has 2 aromatic rings. The van der Waals surface area contributed by atoms with Gasteiger partial charge in [-0.15, -0.1) is 0 Å². The smallest absolute Gasteiger partial charge is 0.267 e. The number of hydrogen-bond acceptors (Lipinski definition) is 5. The summed E-state index contributed by atoms with van der Waals surface area (Å²) in [7, 11) is 0. The van der Waals surface area contributed by atoms with Crippen LogP contribution in [0.25, 0.3) is 0 Å². The highest BCUT2D eigenvalue weighted by molar-refractivity contribution is 5.75. The fourth-order valence-corrected chi connectivity index (χ4v) is 3.14. The topological polar surface area (TPSA) is 71.3 Å². The second-order valence-corrected chi connectivity index (χ2v) is 6.77. The molecule has 2 aromatic heterocycles. The van der Waals surface area contributed by atoms with Crippen LogP contribution in [0.2, 0.25) is 0 Å². The SMILES string of the molecule is Cc1cc(=O)n(CC(=O)N2CCCN(Cc3ccncc3)CC2)nc1C. The van der Waals surface area contributed by atoms with Crippen molar-refractivity contribution in [3.63, 3.8) is 0 Å². The Hall–Kier alpha value is -2.54. The molecule has 0 spiro atoms. The van der Waals surface area contributed by atoms with Gasteiger partial charge in [0.25, 0.3) is 5.56 Å². The Balaban J connectivity index is 1.59. The van der Waals surface area contributed by atoms with E-state index >= 15 is 0 Å². The summed E-state index contributed by atoms with van der Waals surface area (Å²) in [6, 6.07) is 5.58. The van der Waals surface area contributed by atoms with E-state index in [1.165, 1.54) is 16.3 Å². The Bertz CT molecular complexity index is 818. The number of hydrogen-bond donors (Lipinski definition) is 0. The van der Waals surface area contributed by atoms with Crippen molar-refractivity contribution in [2.24, 2.45) is 0 Å². The van der Waals surface area contributed by atoms with E-state index in [2.05, 4.69) is 15.0 Å². The standard InChI is InChI=1S/C19H25N5O2/c1-15-12-18(25)24(21-16(15)2)14-19(26)23-9-3-8-22(10-11-23)13-17-4-6-20-7-5-17/h4-7,12H,3,8-11,13-14H2,1-2H3. The number of aromatic nitrogens is 3. The summed E-state index contributed by atoms with van der Waals surface area (Å²) in [5.41, 5.74) is 2.62. The molecule has 0 radical (unpaired) electrons. The van der Waals surface area contributed by atoms with E-state index in [4.69, 9.17) is 0 Å². The predicted molar refractivity (Wildman–Crippen MR) is 98.7 cm³/mol. The fourth-order valence-electron chi connectivity index (χ4n) is 3.14. The van der Waals surface area contributed by atoms with Crippen LogP contribution >= 0.6 is 0 Å². The molecule has 1 saturated heterocycles. The Morgan fingerprint density at radius 2 is 1.88 bits per heavy atom. The van der Waals surface area contributed by atoms with Gasteiger partial charge in [-0.2, -0.15) is 5.10 Å². The molecule has 0 bridgehead atoms. The van der Waals surface area contributed by atoms with Crippen LogP contribution in [0.4, 0.5) is 0 Å². The third-order valence-electron chi connectivity index (χ3n) is 4.82. The molecule has 0 aromatic carbocycles. The maximum absolute atomic E-state index is 12.6. The van der Waals surface area contributed by atoms with Crippen LogP contribution in [0.5, 0.6) is 0 Å². The molecule has 26 heavy (non-hydrogen) atoms. The Labute approximate surface area is 153 Å². The Kier molecular flexibility index (Phi) is 5.78. The summed E-state index contributed by atoms with van der Waals surface area (Å²) < 4.78 is 1.27. The number of carbonyl (C=O) groups is 1. The van der Waals surface area contributed by atoms with Crippen molar-refractivity contribution in [3.8, 4) is 0 Å². The average molecular weight is 355 g/mol. The highest BCUT2D eigenvalue weighted by atomic mass is 16.2. The quantitative estimate of drug-likeness (QED) is 0.818. The largest absolute Gasteiger partial charge is 0.340 e. The van der Waals surface area contributed by atoms with Crippen molar-refractivity contribution in [2.45, 2.75) is 33.4 Å². The van der Waals surface area contributed by atoms with Gasteiger partial charge in [0, 0.05) is 51.2 Å². The molecular weight excluding hydrogens is 330 g/mol. The van der Waals surface area contributed by atoms with Gasteiger partial charge in [0.2, 0.25) is 5.91 Å². The lowest BCUT2D eigenvalue weighted by molar-refractivity contribution is -0.132. The van der Waals surface area contributed by atoms with Crippen LogP contribution in [0.3, 0.4) is 0 Å². The maximum Gasteiger partial charge on any atom is 0.267 e. The molecule has 3 rings (SSSR count). The van der Waals surface area contributed by atoms with Crippen LogP contribution in [-0.4, -0.2) is 56.7 Å². The van der Waals surface area contributed by atoms with E-state index in [1.807, 2.05) is 30.9 Å². The molecule has 1 aliphatic rings. The van der Waals surface area contributed by atoms with Crippen LogP contribution in [0.15, 0.2) is 35.4 Å². The minimum absolute atomic E-state index is 0.00427. The Morgan fingerprint density at radius 1 is 1.12 bits per heavy atom. The van der Waals surface area contributed by atoms with E-state index in [-0.39, 0.29) is 18.0 Å². The lowest BCUT2D eigenvalue weighted by atomic mass is 10.2. The van der Waals surface area contributed by atoms with Crippen molar-refractivity contribution >= 4 is 5.91 Å². The second kappa shape index (κ2) is 8.23. The highest BCUT2D eigenvalue weighted by Crippen LogP contribution is 2.09. The normalized spacial score (nSPS) is 15.7. The van der Waals surface area contributed by atoms with E-state index in [9.17, 15) is 9.59 Å². The van der Waals surface area contributed by atoms with Crippen LogP contribution < -0.4 is 5.56 Å². The first-order valence-corrected chi connectivity index (χ1v) is 8.97. The molecule has 0 aliphatic carbocycles. The molecule has 1 aliphatic heterocycles. The third-order valence-corrected chi connectivity index (χ3v) is 4.82. The van der Waals surface area contributed by atoms with Crippen LogP contribution in [0, 0.1) is 13.8 Å². The minimum Gasteiger partial charge on any atom is -0.340 e. The first-order valence-electron chi connectivity index (χ1n) is 8.97. The van der Waals surface area contributed by atoms with E-state index in [0.29, 0.717) is 13.1 Å². The number of nitrogens with zero attached hydrogens (tertiary/aromatic N) is 5. The number of aryl methyl sites for hydroxylation is 2. The zero-order valence-corrected chi connectivity index (χ0v) is 15.4. The lowest BCUT2D eigenvalue weighted by Crippen LogP contribution is -2.39. The van der Waals surface area contributed by atoms with Crippen LogP contribution in [0.1, 0.15) is 23.2 Å². The number of pyridine rings is 1. The lowest BCUT2D eigenvalue weighted by Gasteiger charge is -2.22. The molecule has 7 heteroatoms. The number of amides is 1. The second-order valence-electron chi connectivity index (χ2n) is 6.77. The maximum atomic E-state index is 12.6. The molecule has 0 unspecified atom stereocenters. The van der Waals surface area contributed by atoms with Crippen molar-refractivity contribution < 1.29 is 4.79 Å².